The fourth-order valence-corrected chi connectivity index (χ4v) is 1.38. The first-order chi connectivity index (χ1) is 6.49. The Hall–Kier alpha value is -0.610. The lowest BCUT2D eigenvalue weighted by Gasteiger charge is -2.23. The average molecular weight is 200 g/mol. The molecule has 0 aromatic carbocycles. The Morgan fingerprint density at radius 3 is 2.64 bits per heavy atom. The molecule has 1 unspecified atom stereocenters. The zero-order valence-electron chi connectivity index (χ0n) is 9.22. The molecule has 1 aliphatic rings. The van der Waals surface area contributed by atoms with Crippen LogP contribution >= 0.6 is 0 Å². The smallest absolute Gasteiger partial charge is 0.323 e. The molecule has 1 aliphatic heterocycles. The summed E-state index contributed by atoms with van der Waals surface area (Å²) in [5.41, 5.74) is -0.390. The van der Waals surface area contributed by atoms with Crippen LogP contribution in [0.4, 0.5) is 0 Å². The van der Waals surface area contributed by atoms with Crippen molar-refractivity contribution < 1.29 is 9.53 Å². The van der Waals surface area contributed by atoms with E-state index in [4.69, 9.17) is 4.74 Å². The second-order valence-corrected chi connectivity index (χ2v) is 4.58. The highest BCUT2D eigenvalue weighted by Crippen LogP contribution is 2.09. The molecular weight excluding hydrogens is 180 g/mol. The lowest BCUT2D eigenvalue weighted by molar-refractivity contribution is -0.157. The van der Waals surface area contributed by atoms with Gasteiger partial charge in [0.05, 0.1) is 0 Å². The second kappa shape index (κ2) is 4.75. The number of nitrogens with one attached hydrogen (secondary N) is 2. The third kappa shape index (κ3) is 4.07. The van der Waals surface area contributed by atoms with E-state index in [9.17, 15) is 4.79 Å². The summed E-state index contributed by atoms with van der Waals surface area (Å²) in [5, 5.41) is 6.39. The Morgan fingerprint density at radius 2 is 2.00 bits per heavy atom. The van der Waals surface area contributed by atoms with Crippen molar-refractivity contribution in [1.82, 2.24) is 10.6 Å². The maximum absolute atomic E-state index is 11.7. The van der Waals surface area contributed by atoms with E-state index in [0.29, 0.717) is 0 Å². The Bertz CT molecular complexity index is 191. The highest BCUT2D eigenvalue weighted by Gasteiger charge is 2.25. The van der Waals surface area contributed by atoms with Gasteiger partial charge in [0.15, 0.2) is 0 Å². The van der Waals surface area contributed by atoms with Crippen molar-refractivity contribution in [2.24, 2.45) is 0 Å². The molecule has 14 heavy (non-hydrogen) atoms. The lowest BCUT2D eigenvalue weighted by atomic mass is 10.1. The summed E-state index contributed by atoms with van der Waals surface area (Å²) in [6.07, 6.45) is 0.801. The monoisotopic (exact) mass is 200 g/mol. The minimum absolute atomic E-state index is 0.138. The molecule has 0 amide bonds. The standard InChI is InChI=1S/C10H20N2O2/c1-10(2,3)14-9(13)8-4-5-11-6-7-12-8/h8,11-12H,4-7H2,1-3H3. The van der Waals surface area contributed by atoms with Gasteiger partial charge in [-0.3, -0.25) is 4.79 Å². The van der Waals surface area contributed by atoms with Crippen molar-refractivity contribution in [2.45, 2.75) is 38.8 Å². The van der Waals surface area contributed by atoms with Gasteiger partial charge in [0.25, 0.3) is 0 Å². The molecule has 1 rings (SSSR count). The fraction of sp³-hybridized carbons (Fsp3) is 0.900. The first kappa shape index (κ1) is 11.5. The molecule has 1 heterocycles. The van der Waals surface area contributed by atoms with Crippen molar-refractivity contribution in [3.63, 3.8) is 0 Å². The zero-order chi connectivity index (χ0) is 10.6. The van der Waals surface area contributed by atoms with Crippen LogP contribution in [0.1, 0.15) is 27.2 Å². The van der Waals surface area contributed by atoms with E-state index in [1.54, 1.807) is 0 Å². The van der Waals surface area contributed by atoms with Crippen LogP contribution in [0.25, 0.3) is 0 Å². The molecule has 0 saturated carbocycles. The van der Waals surface area contributed by atoms with Crippen molar-refractivity contribution >= 4 is 5.97 Å². The quantitative estimate of drug-likeness (QED) is 0.597. The zero-order valence-corrected chi connectivity index (χ0v) is 9.22. The summed E-state index contributed by atoms with van der Waals surface area (Å²) >= 11 is 0. The highest BCUT2D eigenvalue weighted by atomic mass is 16.6. The Balaban J connectivity index is 2.42. The van der Waals surface area contributed by atoms with Gasteiger partial charge in [-0.1, -0.05) is 0 Å². The van der Waals surface area contributed by atoms with E-state index in [1.807, 2.05) is 20.8 Å². The van der Waals surface area contributed by atoms with Crippen LogP contribution < -0.4 is 10.6 Å². The molecule has 0 aromatic rings. The van der Waals surface area contributed by atoms with Gasteiger partial charge >= 0.3 is 5.97 Å². The van der Waals surface area contributed by atoms with Crippen molar-refractivity contribution in [1.29, 1.82) is 0 Å². The van der Waals surface area contributed by atoms with Gasteiger partial charge in [0.1, 0.15) is 11.6 Å². The maximum atomic E-state index is 11.7. The molecule has 1 atom stereocenters. The number of carbonyl (C=O) groups is 1. The van der Waals surface area contributed by atoms with Gasteiger partial charge in [-0.15, -0.1) is 0 Å². The minimum atomic E-state index is -0.390. The first-order valence-corrected chi connectivity index (χ1v) is 5.16. The highest BCUT2D eigenvalue weighted by molar-refractivity contribution is 5.76. The van der Waals surface area contributed by atoms with Crippen molar-refractivity contribution in [3.05, 3.63) is 0 Å². The number of esters is 1. The van der Waals surface area contributed by atoms with E-state index >= 15 is 0 Å². The largest absolute Gasteiger partial charge is 0.459 e. The normalized spacial score (nSPS) is 24.1. The molecule has 0 aromatic heterocycles. The van der Waals surface area contributed by atoms with Crippen LogP contribution in [0.15, 0.2) is 0 Å². The van der Waals surface area contributed by atoms with Crippen LogP contribution in [-0.2, 0) is 9.53 Å². The molecule has 82 valence electrons. The Morgan fingerprint density at radius 1 is 1.29 bits per heavy atom. The second-order valence-electron chi connectivity index (χ2n) is 4.58. The van der Waals surface area contributed by atoms with E-state index < -0.39 is 5.60 Å². The van der Waals surface area contributed by atoms with Crippen LogP contribution in [-0.4, -0.2) is 37.2 Å². The topological polar surface area (TPSA) is 50.4 Å². The van der Waals surface area contributed by atoms with E-state index in [-0.39, 0.29) is 12.0 Å². The van der Waals surface area contributed by atoms with Gasteiger partial charge in [0.2, 0.25) is 0 Å². The summed E-state index contributed by atoms with van der Waals surface area (Å²) in [4.78, 5) is 11.7. The summed E-state index contributed by atoms with van der Waals surface area (Å²) in [6.45, 7) is 8.28. The number of hydrogen-bond acceptors (Lipinski definition) is 4. The van der Waals surface area contributed by atoms with Gasteiger partial charge in [0, 0.05) is 13.1 Å². The maximum Gasteiger partial charge on any atom is 0.323 e. The van der Waals surface area contributed by atoms with Crippen molar-refractivity contribution in [3.8, 4) is 0 Å². The molecule has 4 heteroatoms. The van der Waals surface area contributed by atoms with Crippen LogP contribution in [0.3, 0.4) is 0 Å². The third-order valence-electron chi connectivity index (χ3n) is 1.99. The third-order valence-corrected chi connectivity index (χ3v) is 1.99. The summed E-state index contributed by atoms with van der Waals surface area (Å²) in [7, 11) is 0. The average Bonchev–Trinajstić information content (AvgIpc) is 2.27. The van der Waals surface area contributed by atoms with Gasteiger partial charge in [-0.2, -0.15) is 0 Å². The predicted octanol–water partition coefficient (Wildman–Crippen LogP) is 0.280. The molecule has 4 nitrogen and oxygen atoms in total. The molecule has 1 saturated heterocycles. The van der Waals surface area contributed by atoms with E-state index in [1.165, 1.54) is 0 Å². The Kier molecular flexibility index (Phi) is 3.89. The molecule has 2 N–H and O–H groups in total. The van der Waals surface area contributed by atoms with Crippen LogP contribution in [0.2, 0.25) is 0 Å². The molecule has 0 bridgehead atoms. The predicted molar refractivity (Wildman–Crippen MR) is 55.1 cm³/mol. The summed E-state index contributed by atoms with van der Waals surface area (Å²) < 4.78 is 5.30. The van der Waals surface area contributed by atoms with Crippen molar-refractivity contribution in [2.75, 3.05) is 19.6 Å². The molecule has 1 fully saturated rings. The summed E-state index contributed by atoms with van der Waals surface area (Å²) in [6, 6.07) is -0.149. The van der Waals surface area contributed by atoms with Gasteiger partial charge in [-0.05, 0) is 33.7 Å². The molecular formula is C10H20N2O2. The van der Waals surface area contributed by atoms with Gasteiger partial charge in [-0.25, -0.2) is 0 Å². The lowest BCUT2D eigenvalue weighted by Crippen LogP contribution is -2.41. The van der Waals surface area contributed by atoms with Crippen LogP contribution in [0, 0.1) is 0 Å². The summed E-state index contributed by atoms with van der Waals surface area (Å²) in [5.74, 6) is -0.138. The number of ether oxygens (including phenoxy) is 1. The first-order valence-electron chi connectivity index (χ1n) is 5.16. The number of carbonyl (C=O) groups excluding carboxylic acids is 1. The van der Waals surface area contributed by atoms with E-state index in [2.05, 4.69) is 10.6 Å². The number of hydrogen-bond donors (Lipinski definition) is 2. The van der Waals surface area contributed by atoms with E-state index in [0.717, 1.165) is 26.1 Å². The molecule has 0 spiro atoms. The minimum Gasteiger partial charge on any atom is -0.459 e. The fourth-order valence-electron chi connectivity index (χ4n) is 1.38. The molecule has 0 radical (unpaired) electrons. The number of rotatable bonds is 1. The SMILES string of the molecule is CC(C)(C)OC(=O)C1CCNCCN1. The van der Waals surface area contributed by atoms with Gasteiger partial charge < -0.3 is 15.4 Å². The Labute approximate surface area is 85.4 Å². The van der Waals surface area contributed by atoms with Crippen LogP contribution in [0.5, 0.6) is 0 Å². The molecule has 0 aliphatic carbocycles.